The molecule has 0 aliphatic carbocycles. The molecule has 5 nitrogen and oxygen atoms in total. The van der Waals surface area contributed by atoms with E-state index in [0.29, 0.717) is 5.65 Å². The molecule has 0 saturated heterocycles. The molecule has 0 spiro atoms. The molecule has 0 radical (unpaired) electrons. The Morgan fingerprint density at radius 3 is 2.42 bits per heavy atom. The van der Waals surface area contributed by atoms with E-state index < -0.39 is 5.97 Å². The van der Waals surface area contributed by atoms with Gasteiger partial charge < -0.3 is 5.11 Å². The van der Waals surface area contributed by atoms with Crippen LogP contribution in [0, 0.1) is 20.8 Å². The summed E-state index contributed by atoms with van der Waals surface area (Å²) in [4.78, 5) is 15.9. The standard InChI is InChI=1S/C19H21N3O2/c1-5-7-14-10-15(19(23)24)20-18-17(13(4)21-22(14)18)16-11(2)8-6-9-12(16)3/h6,8-10H,5,7H2,1-4H3,(H,23,24). The minimum atomic E-state index is -1.01. The maximum absolute atomic E-state index is 11.5. The predicted octanol–water partition coefficient (Wildman–Crippen LogP) is 3.97. The first-order valence-corrected chi connectivity index (χ1v) is 8.13. The van der Waals surface area contributed by atoms with E-state index in [1.807, 2.05) is 13.0 Å². The first-order chi connectivity index (χ1) is 11.4. The molecular formula is C19H21N3O2. The lowest BCUT2D eigenvalue weighted by molar-refractivity contribution is 0.0690. The topological polar surface area (TPSA) is 67.5 Å². The molecule has 0 aliphatic rings. The van der Waals surface area contributed by atoms with E-state index in [1.165, 1.54) is 0 Å². The number of hydrogen-bond acceptors (Lipinski definition) is 3. The fourth-order valence-corrected chi connectivity index (χ4v) is 3.23. The molecule has 0 saturated carbocycles. The maximum atomic E-state index is 11.5. The number of aromatic carboxylic acids is 1. The number of nitrogens with zero attached hydrogens (tertiary/aromatic N) is 3. The number of carboxylic acid groups (broad SMARTS) is 1. The Labute approximate surface area is 141 Å². The minimum absolute atomic E-state index is 0.0679. The molecule has 24 heavy (non-hydrogen) atoms. The quantitative estimate of drug-likeness (QED) is 0.789. The third kappa shape index (κ3) is 2.56. The highest BCUT2D eigenvalue weighted by atomic mass is 16.4. The van der Waals surface area contributed by atoms with Gasteiger partial charge in [-0.15, -0.1) is 0 Å². The molecule has 0 bridgehead atoms. The summed E-state index contributed by atoms with van der Waals surface area (Å²) in [5.74, 6) is -1.01. The normalized spacial score (nSPS) is 11.2. The number of carboxylic acids is 1. The number of rotatable bonds is 4. The summed E-state index contributed by atoms with van der Waals surface area (Å²) in [6, 6.07) is 7.76. The molecule has 1 N–H and O–H groups in total. The Morgan fingerprint density at radius 1 is 1.17 bits per heavy atom. The lowest BCUT2D eigenvalue weighted by Crippen LogP contribution is -2.08. The van der Waals surface area contributed by atoms with E-state index in [-0.39, 0.29) is 5.69 Å². The van der Waals surface area contributed by atoms with Crippen molar-refractivity contribution >= 4 is 11.6 Å². The van der Waals surface area contributed by atoms with Crippen LogP contribution >= 0.6 is 0 Å². The Bertz CT molecular complexity index is 921. The van der Waals surface area contributed by atoms with Gasteiger partial charge in [0.15, 0.2) is 11.3 Å². The van der Waals surface area contributed by atoms with Crippen molar-refractivity contribution in [3.8, 4) is 11.1 Å². The summed E-state index contributed by atoms with van der Waals surface area (Å²) in [7, 11) is 0. The average Bonchev–Trinajstić information content (AvgIpc) is 2.84. The van der Waals surface area contributed by atoms with Crippen molar-refractivity contribution in [1.29, 1.82) is 0 Å². The Hall–Kier alpha value is -2.69. The van der Waals surface area contributed by atoms with Crippen molar-refractivity contribution < 1.29 is 9.90 Å². The molecule has 0 unspecified atom stereocenters. The van der Waals surface area contributed by atoms with Crippen LogP contribution in [0.15, 0.2) is 24.3 Å². The fourth-order valence-electron chi connectivity index (χ4n) is 3.23. The van der Waals surface area contributed by atoms with Gasteiger partial charge in [-0.25, -0.2) is 14.3 Å². The van der Waals surface area contributed by atoms with Crippen LogP contribution in [-0.2, 0) is 6.42 Å². The highest BCUT2D eigenvalue weighted by Gasteiger charge is 2.20. The maximum Gasteiger partial charge on any atom is 0.354 e. The van der Waals surface area contributed by atoms with Gasteiger partial charge in [0.2, 0.25) is 0 Å². The van der Waals surface area contributed by atoms with Crippen molar-refractivity contribution in [2.45, 2.75) is 40.5 Å². The van der Waals surface area contributed by atoms with Crippen molar-refractivity contribution in [1.82, 2.24) is 14.6 Å². The largest absolute Gasteiger partial charge is 0.477 e. The summed E-state index contributed by atoms with van der Waals surface area (Å²) in [5, 5.41) is 14.1. The lowest BCUT2D eigenvalue weighted by atomic mass is 9.96. The molecule has 2 aromatic heterocycles. The molecule has 0 aliphatic heterocycles. The van der Waals surface area contributed by atoms with Crippen LogP contribution in [0.1, 0.15) is 46.3 Å². The zero-order valence-corrected chi connectivity index (χ0v) is 14.4. The van der Waals surface area contributed by atoms with E-state index in [9.17, 15) is 9.90 Å². The number of aromatic nitrogens is 3. The van der Waals surface area contributed by atoms with E-state index in [4.69, 9.17) is 0 Å². The highest BCUT2D eigenvalue weighted by molar-refractivity contribution is 5.89. The van der Waals surface area contributed by atoms with Gasteiger partial charge in [-0.3, -0.25) is 0 Å². The summed E-state index contributed by atoms with van der Waals surface area (Å²) in [5.41, 5.74) is 6.69. The van der Waals surface area contributed by atoms with Gasteiger partial charge >= 0.3 is 5.97 Å². The van der Waals surface area contributed by atoms with Crippen LogP contribution in [0.2, 0.25) is 0 Å². The van der Waals surface area contributed by atoms with Gasteiger partial charge in [0.05, 0.1) is 11.3 Å². The number of carbonyl (C=O) groups is 1. The molecule has 3 rings (SSSR count). The van der Waals surface area contributed by atoms with Crippen LogP contribution in [0.5, 0.6) is 0 Å². The van der Waals surface area contributed by atoms with Crippen LogP contribution < -0.4 is 0 Å². The van der Waals surface area contributed by atoms with Gasteiger partial charge in [-0.2, -0.15) is 5.10 Å². The zero-order valence-electron chi connectivity index (χ0n) is 14.4. The Kier molecular flexibility index (Phi) is 4.09. The summed E-state index contributed by atoms with van der Waals surface area (Å²) < 4.78 is 1.80. The smallest absolute Gasteiger partial charge is 0.354 e. The Balaban J connectivity index is 2.41. The fraction of sp³-hybridized carbons (Fsp3) is 0.316. The van der Waals surface area contributed by atoms with Crippen LogP contribution in [0.4, 0.5) is 0 Å². The first kappa shape index (κ1) is 16.2. The van der Waals surface area contributed by atoms with Crippen molar-refractivity contribution in [3.05, 3.63) is 52.5 Å². The molecule has 2 heterocycles. The molecule has 0 amide bonds. The zero-order chi connectivity index (χ0) is 17.4. The van der Waals surface area contributed by atoms with Gasteiger partial charge in [0.25, 0.3) is 0 Å². The summed E-state index contributed by atoms with van der Waals surface area (Å²) in [6.07, 6.45) is 1.67. The second-order valence-corrected chi connectivity index (χ2v) is 6.15. The summed E-state index contributed by atoms with van der Waals surface area (Å²) >= 11 is 0. The number of hydrogen-bond donors (Lipinski definition) is 1. The Morgan fingerprint density at radius 2 is 1.83 bits per heavy atom. The number of benzene rings is 1. The van der Waals surface area contributed by atoms with Gasteiger partial charge in [-0.1, -0.05) is 31.5 Å². The molecule has 124 valence electrons. The van der Waals surface area contributed by atoms with Crippen LogP contribution in [0.25, 0.3) is 16.8 Å². The first-order valence-electron chi connectivity index (χ1n) is 8.13. The average molecular weight is 323 g/mol. The molecule has 1 aromatic carbocycles. The van der Waals surface area contributed by atoms with Crippen LogP contribution in [0.3, 0.4) is 0 Å². The SMILES string of the molecule is CCCc1cc(C(=O)O)nc2c(-c3c(C)cccc3C)c(C)nn12. The molecule has 5 heteroatoms. The lowest BCUT2D eigenvalue weighted by Gasteiger charge is -2.10. The third-order valence-electron chi connectivity index (χ3n) is 4.29. The van der Waals surface area contributed by atoms with Crippen LogP contribution in [-0.4, -0.2) is 25.7 Å². The number of fused-ring (bicyclic) bond motifs is 1. The third-order valence-corrected chi connectivity index (χ3v) is 4.29. The van der Waals surface area contributed by atoms with E-state index in [1.54, 1.807) is 10.6 Å². The van der Waals surface area contributed by atoms with Crippen molar-refractivity contribution in [2.75, 3.05) is 0 Å². The van der Waals surface area contributed by atoms with E-state index in [2.05, 4.69) is 43.0 Å². The highest BCUT2D eigenvalue weighted by Crippen LogP contribution is 2.33. The van der Waals surface area contributed by atoms with Crippen molar-refractivity contribution in [3.63, 3.8) is 0 Å². The minimum Gasteiger partial charge on any atom is -0.477 e. The van der Waals surface area contributed by atoms with Gasteiger partial charge in [0.1, 0.15) is 0 Å². The second-order valence-electron chi connectivity index (χ2n) is 6.15. The number of aryl methyl sites for hydroxylation is 4. The van der Waals surface area contributed by atoms with Gasteiger partial charge in [-0.05, 0) is 49.9 Å². The van der Waals surface area contributed by atoms with Gasteiger partial charge in [0, 0.05) is 5.69 Å². The van der Waals surface area contributed by atoms with E-state index in [0.717, 1.165) is 46.5 Å². The molecule has 0 atom stereocenters. The second kappa shape index (κ2) is 6.07. The van der Waals surface area contributed by atoms with E-state index >= 15 is 0 Å². The monoisotopic (exact) mass is 323 g/mol. The predicted molar refractivity (Wildman–Crippen MR) is 93.6 cm³/mol. The molecule has 3 aromatic rings. The van der Waals surface area contributed by atoms with Crippen molar-refractivity contribution in [2.24, 2.45) is 0 Å². The molecule has 0 fully saturated rings. The summed E-state index contributed by atoms with van der Waals surface area (Å²) in [6.45, 7) is 8.13. The molecular weight excluding hydrogens is 302 g/mol.